The van der Waals surface area contributed by atoms with Gasteiger partial charge < -0.3 is 26.1 Å². The van der Waals surface area contributed by atoms with Crippen LogP contribution in [-0.4, -0.2) is 28.6 Å². The van der Waals surface area contributed by atoms with E-state index >= 15 is 0 Å². The van der Waals surface area contributed by atoms with Gasteiger partial charge in [-0.3, -0.25) is 4.79 Å². The number of nitrogens with one attached hydrogen (secondary N) is 2. The molecule has 4 N–H and O–H groups in total. The van der Waals surface area contributed by atoms with Gasteiger partial charge in [-0.2, -0.15) is 0 Å². The minimum Gasteiger partial charge on any atom is -0.663 e. The van der Waals surface area contributed by atoms with Crippen LogP contribution in [0, 0.1) is 0 Å². The van der Waals surface area contributed by atoms with Crippen LogP contribution in [0.3, 0.4) is 0 Å². The van der Waals surface area contributed by atoms with Crippen LogP contribution in [0.15, 0.2) is 48.5 Å². The van der Waals surface area contributed by atoms with Gasteiger partial charge in [0.1, 0.15) is 11.5 Å². The molecule has 0 atom stereocenters. The maximum Gasteiger partial charge on any atom is 0.255 e. The topological polar surface area (TPSA) is 110 Å². The normalized spacial score (nSPS) is 8.91. The van der Waals surface area contributed by atoms with Gasteiger partial charge in [0.25, 0.3) is 5.91 Å². The molecular weight excluding hydrogens is 339 g/mol. The summed E-state index contributed by atoms with van der Waals surface area (Å²) in [5.41, 5.74) is 7.02. The van der Waals surface area contributed by atoms with Gasteiger partial charge in [0.05, 0.1) is 11.5 Å². The number of aromatic hydroxyl groups is 2. The van der Waals surface area contributed by atoms with Crippen molar-refractivity contribution >= 4 is 11.8 Å². The molecule has 0 saturated heterocycles. The molecule has 23 heavy (non-hydrogen) atoms. The molecule has 0 bridgehead atoms. The fraction of sp³-hybridized carbons (Fsp3) is 0.125. The molecule has 0 saturated carbocycles. The summed E-state index contributed by atoms with van der Waals surface area (Å²) in [5.74, 6) is -1.22. The summed E-state index contributed by atoms with van der Waals surface area (Å²) in [4.78, 5) is 21.6. The Kier molecular flexibility index (Phi) is 9.15. The van der Waals surface area contributed by atoms with Crippen molar-refractivity contribution in [1.82, 2.24) is 5.32 Å². The van der Waals surface area contributed by atoms with Crippen molar-refractivity contribution in [3.8, 4) is 11.5 Å². The van der Waals surface area contributed by atoms with Crippen molar-refractivity contribution in [3.05, 3.63) is 65.4 Å². The molecule has 2 amide bonds. The van der Waals surface area contributed by atoms with Crippen LogP contribution in [0.25, 0.3) is 5.73 Å². The molecule has 7 heteroatoms. The summed E-state index contributed by atoms with van der Waals surface area (Å²) < 4.78 is 0. The molecule has 0 fully saturated rings. The zero-order valence-corrected chi connectivity index (χ0v) is 13.6. The van der Waals surface area contributed by atoms with E-state index in [0.29, 0.717) is 12.1 Å². The van der Waals surface area contributed by atoms with Gasteiger partial charge in [-0.05, 0) is 31.2 Å². The fourth-order valence-electron chi connectivity index (χ4n) is 1.59. The van der Waals surface area contributed by atoms with E-state index in [2.05, 4.69) is 5.32 Å². The van der Waals surface area contributed by atoms with Crippen LogP contribution < -0.4 is 5.32 Å². The van der Waals surface area contributed by atoms with Crippen LogP contribution in [0.5, 0.6) is 11.5 Å². The zero-order valence-electron chi connectivity index (χ0n) is 12.4. The molecule has 0 aliphatic rings. The molecule has 1 radical (unpaired) electrons. The smallest absolute Gasteiger partial charge is 0.255 e. The number of para-hydroxylation sites is 2. The molecule has 123 valence electrons. The summed E-state index contributed by atoms with van der Waals surface area (Å²) in [6.45, 7) is 2.39. The van der Waals surface area contributed by atoms with E-state index in [1.807, 2.05) is 6.92 Å². The first-order chi connectivity index (χ1) is 10.5. The number of carbonyl (C=O) groups excluding carboxylic acids is 2. The largest absolute Gasteiger partial charge is 0.663 e. The van der Waals surface area contributed by atoms with Gasteiger partial charge in [-0.25, -0.2) is 0 Å². The number of hydrogen-bond donors (Lipinski definition) is 3. The second kappa shape index (κ2) is 10.3. The quantitative estimate of drug-likeness (QED) is 0.734. The van der Waals surface area contributed by atoms with Gasteiger partial charge in [-0.1, -0.05) is 24.3 Å². The van der Waals surface area contributed by atoms with E-state index in [4.69, 9.17) is 10.8 Å². The zero-order chi connectivity index (χ0) is 16.5. The maximum absolute atomic E-state index is 11.2. The summed E-state index contributed by atoms with van der Waals surface area (Å²) in [6, 6.07) is 12.4. The summed E-state index contributed by atoms with van der Waals surface area (Å²) in [6.07, 6.45) is 0. The summed E-state index contributed by atoms with van der Waals surface area (Å²) >= 11 is 0. The molecule has 2 aromatic rings. The van der Waals surface area contributed by atoms with Crippen molar-refractivity contribution in [3.63, 3.8) is 0 Å². The second-order valence-corrected chi connectivity index (χ2v) is 4.22. The average Bonchev–Trinajstić information content (AvgIpc) is 2.48. The molecule has 0 aliphatic carbocycles. The van der Waals surface area contributed by atoms with Crippen molar-refractivity contribution < 1.29 is 36.9 Å². The predicted molar refractivity (Wildman–Crippen MR) is 82.9 cm³/mol. The number of carbonyl (C=O) groups is 2. The van der Waals surface area contributed by atoms with Gasteiger partial charge in [0.2, 0.25) is 0 Å². The Balaban J connectivity index is 0.000000409. The van der Waals surface area contributed by atoms with E-state index < -0.39 is 5.91 Å². The van der Waals surface area contributed by atoms with Gasteiger partial charge in [-0.15, -0.1) is 0 Å². The summed E-state index contributed by atoms with van der Waals surface area (Å²) in [7, 11) is 0. The first-order valence-electron chi connectivity index (χ1n) is 6.57. The third-order valence-electron chi connectivity index (χ3n) is 2.63. The van der Waals surface area contributed by atoms with Crippen LogP contribution in [-0.2, 0) is 17.1 Å². The van der Waals surface area contributed by atoms with Crippen molar-refractivity contribution in [2.75, 3.05) is 6.54 Å². The number of phenols is 2. The number of phenolic OH excluding ortho intramolecular Hbond substituents is 2. The van der Waals surface area contributed by atoms with Crippen molar-refractivity contribution in [2.24, 2.45) is 0 Å². The number of amides is 2. The van der Waals surface area contributed by atoms with Crippen LogP contribution in [0.1, 0.15) is 27.6 Å². The Labute approximate surface area is 144 Å². The molecule has 0 spiro atoms. The molecule has 6 nitrogen and oxygen atoms in total. The molecule has 0 aromatic heterocycles. The molecule has 0 aliphatic heterocycles. The van der Waals surface area contributed by atoms with Gasteiger partial charge >= 0.3 is 0 Å². The summed E-state index contributed by atoms with van der Waals surface area (Å²) in [5, 5.41) is 20.8. The van der Waals surface area contributed by atoms with E-state index in [-0.39, 0.29) is 40.0 Å². The monoisotopic (exact) mass is 356 g/mol. The van der Waals surface area contributed by atoms with Crippen molar-refractivity contribution in [2.45, 2.75) is 6.92 Å². The minimum atomic E-state index is -0.863. The molecular formula is C16H17MnN2O4-. The Hall–Kier alpha value is -2.50. The second-order valence-electron chi connectivity index (χ2n) is 4.22. The standard InChI is InChI=1S/C9H11NO2.C7H7NO2.Mn/c1-2-10-9(12)7-5-3-4-6-8(7)11;8-7(10)5-3-1-2-4-6(5)9;/h3-6,11H,2H2,1H3,(H,10,12);1-4H,(H3,8,9,10);/p-1. The predicted octanol–water partition coefficient (Wildman–Crippen LogP) is 2.72. The molecule has 0 heterocycles. The maximum atomic E-state index is 11.2. The number of rotatable bonds is 3. The van der Waals surface area contributed by atoms with E-state index in [9.17, 15) is 14.7 Å². The first kappa shape index (κ1) is 20.5. The number of benzene rings is 2. The molecule has 0 unspecified atom stereocenters. The molecule has 2 rings (SSSR count). The minimum absolute atomic E-state index is 0. The Morgan fingerprint density at radius 3 is 1.74 bits per heavy atom. The SMILES string of the molecule is CCNC(=O)c1ccccc1O.[Mn].[NH-]C(=O)c1ccccc1O. The van der Waals surface area contributed by atoms with Crippen LogP contribution in [0.4, 0.5) is 0 Å². The third-order valence-corrected chi connectivity index (χ3v) is 2.63. The van der Waals surface area contributed by atoms with Crippen LogP contribution >= 0.6 is 0 Å². The number of hydrogen-bond acceptors (Lipinski definition) is 4. The Morgan fingerprint density at radius 2 is 1.39 bits per heavy atom. The van der Waals surface area contributed by atoms with E-state index in [1.54, 1.807) is 30.3 Å². The van der Waals surface area contributed by atoms with Crippen molar-refractivity contribution in [1.29, 1.82) is 0 Å². The average molecular weight is 356 g/mol. The van der Waals surface area contributed by atoms with Gasteiger partial charge in [0.15, 0.2) is 0 Å². The first-order valence-corrected chi connectivity index (χ1v) is 6.57. The fourth-order valence-corrected chi connectivity index (χ4v) is 1.59. The van der Waals surface area contributed by atoms with Gasteiger partial charge in [0, 0.05) is 29.2 Å². The van der Waals surface area contributed by atoms with Crippen LogP contribution in [0.2, 0.25) is 0 Å². The van der Waals surface area contributed by atoms with E-state index in [1.165, 1.54) is 18.2 Å². The van der Waals surface area contributed by atoms with E-state index in [0.717, 1.165) is 0 Å². The Morgan fingerprint density at radius 1 is 0.957 bits per heavy atom. The molecule has 2 aromatic carbocycles. The Bertz CT molecular complexity index is 662. The third kappa shape index (κ3) is 6.42.